The monoisotopic (exact) mass is 587 g/mol. The second-order valence-corrected chi connectivity index (χ2v) is 11.1. The molecule has 0 saturated carbocycles. The van der Waals surface area contributed by atoms with E-state index in [9.17, 15) is 14.4 Å². The van der Waals surface area contributed by atoms with Gasteiger partial charge in [-0.25, -0.2) is 4.79 Å². The van der Waals surface area contributed by atoms with Gasteiger partial charge < -0.3 is 24.3 Å². The van der Waals surface area contributed by atoms with E-state index < -0.39 is 6.09 Å². The molecule has 2 aliphatic rings. The van der Waals surface area contributed by atoms with Gasteiger partial charge in [0, 0.05) is 64.8 Å². The van der Waals surface area contributed by atoms with Crippen LogP contribution in [0.1, 0.15) is 36.1 Å². The first-order valence-corrected chi connectivity index (χ1v) is 15.1. The average molecular weight is 588 g/mol. The van der Waals surface area contributed by atoms with Crippen LogP contribution < -0.4 is 10.6 Å². The smallest absolute Gasteiger partial charge is 0.411 e. The molecule has 2 fully saturated rings. The standard InChI is InChI=1S/C33H41N5O5/c1-25(39)38-21-19-37(20-22-38)24-28-11-12-32(42-28)31(40)23-34-15-18-36-16-13-27(14-17-36)43-33(41)35-30-10-6-5-9-29(30)26-7-3-2-4-8-26/h2-12,27,34H,13-24H2,1H3,(H,35,41). The maximum atomic E-state index is 12.7. The number of rotatable bonds is 11. The van der Waals surface area contributed by atoms with E-state index in [1.54, 1.807) is 13.0 Å². The molecule has 0 unspecified atom stereocenters. The number of ketones is 1. The van der Waals surface area contributed by atoms with Gasteiger partial charge in [0.15, 0.2) is 5.76 Å². The Bertz CT molecular complexity index is 1360. The number of nitrogens with one attached hydrogen (secondary N) is 2. The van der Waals surface area contributed by atoms with Gasteiger partial charge in [-0.15, -0.1) is 0 Å². The van der Waals surface area contributed by atoms with Crippen molar-refractivity contribution in [2.45, 2.75) is 32.4 Å². The number of piperazine rings is 1. The highest BCUT2D eigenvalue weighted by atomic mass is 16.6. The lowest BCUT2D eigenvalue weighted by atomic mass is 10.0. The third kappa shape index (κ3) is 8.76. The van der Waals surface area contributed by atoms with Crippen LogP contribution in [0.15, 0.2) is 71.1 Å². The van der Waals surface area contributed by atoms with Crippen molar-refractivity contribution in [2.75, 3.05) is 64.2 Å². The predicted octanol–water partition coefficient (Wildman–Crippen LogP) is 4.10. The van der Waals surface area contributed by atoms with Crippen molar-refractivity contribution in [2.24, 2.45) is 0 Å². The van der Waals surface area contributed by atoms with E-state index in [-0.39, 0.29) is 24.3 Å². The third-order valence-corrected chi connectivity index (χ3v) is 8.08. The fourth-order valence-corrected chi connectivity index (χ4v) is 5.58. The molecule has 2 saturated heterocycles. The molecule has 0 bridgehead atoms. The van der Waals surface area contributed by atoms with Gasteiger partial charge in [-0.3, -0.25) is 19.8 Å². The number of furan rings is 1. The predicted molar refractivity (Wildman–Crippen MR) is 165 cm³/mol. The van der Waals surface area contributed by atoms with E-state index in [4.69, 9.17) is 9.15 Å². The minimum absolute atomic E-state index is 0.0698. The largest absolute Gasteiger partial charge is 0.457 e. The van der Waals surface area contributed by atoms with Crippen LogP contribution in [-0.2, 0) is 16.1 Å². The molecule has 1 aromatic heterocycles. The summed E-state index contributed by atoms with van der Waals surface area (Å²) in [7, 11) is 0. The number of piperidine rings is 1. The summed E-state index contributed by atoms with van der Waals surface area (Å²) in [6.07, 6.45) is 0.983. The summed E-state index contributed by atoms with van der Waals surface area (Å²) in [5, 5.41) is 6.15. The van der Waals surface area contributed by atoms with Crippen LogP contribution in [-0.4, -0.2) is 97.5 Å². The molecule has 2 amide bonds. The molecule has 2 aromatic carbocycles. The number of carbonyl (C=O) groups is 3. The van der Waals surface area contributed by atoms with Crippen LogP contribution in [0.2, 0.25) is 0 Å². The number of nitrogens with zero attached hydrogens (tertiary/aromatic N) is 3. The molecular weight excluding hydrogens is 546 g/mol. The lowest BCUT2D eigenvalue weighted by molar-refractivity contribution is -0.130. The van der Waals surface area contributed by atoms with Gasteiger partial charge in [-0.1, -0.05) is 48.5 Å². The van der Waals surface area contributed by atoms with Crippen LogP contribution in [0.25, 0.3) is 11.1 Å². The van der Waals surface area contributed by atoms with E-state index >= 15 is 0 Å². The number of hydrogen-bond donors (Lipinski definition) is 2. The Balaban J connectivity index is 0.964. The zero-order chi connectivity index (χ0) is 30.0. The number of amides is 2. The SMILES string of the molecule is CC(=O)N1CCN(Cc2ccc(C(=O)CNCCN3CCC(OC(=O)Nc4ccccc4-c4ccccc4)CC3)o2)CC1. The molecule has 3 heterocycles. The number of para-hydroxylation sites is 1. The van der Waals surface area contributed by atoms with Crippen molar-refractivity contribution in [3.05, 3.63) is 78.3 Å². The second-order valence-electron chi connectivity index (χ2n) is 11.1. The van der Waals surface area contributed by atoms with E-state index in [1.807, 2.05) is 65.6 Å². The Morgan fingerprint density at radius 1 is 0.860 bits per heavy atom. The summed E-state index contributed by atoms with van der Waals surface area (Å²) in [6, 6.07) is 21.3. The molecule has 0 aliphatic carbocycles. The van der Waals surface area contributed by atoms with Crippen molar-refractivity contribution in [3.63, 3.8) is 0 Å². The quantitative estimate of drug-likeness (QED) is 0.255. The number of benzene rings is 2. The number of Topliss-reactive ketones (excluding diaryl/α,β-unsaturated/α-hetero) is 1. The van der Waals surface area contributed by atoms with Crippen molar-refractivity contribution >= 4 is 23.5 Å². The van der Waals surface area contributed by atoms with E-state index in [0.29, 0.717) is 18.8 Å². The Kier molecular flexibility index (Phi) is 10.6. The number of ether oxygens (including phenoxy) is 1. The number of carbonyl (C=O) groups excluding carboxylic acids is 3. The first kappa shape index (κ1) is 30.5. The zero-order valence-electron chi connectivity index (χ0n) is 24.8. The maximum Gasteiger partial charge on any atom is 0.411 e. The minimum Gasteiger partial charge on any atom is -0.457 e. The van der Waals surface area contributed by atoms with Crippen molar-refractivity contribution < 1.29 is 23.5 Å². The second kappa shape index (κ2) is 15.0. The Labute approximate surface area is 253 Å². The van der Waals surface area contributed by atoms with Crippen LogP contribution in [0.5, 0.6) is 0 Å². The highest BCUT2D eigenvalue weighted by Gasteiger charge is 2.23. The van der Waals surface area contributed by atoms with E-state index in [1.165, 1.54) is 0 Å². The molecule has 10 heteroatoms. The third-order valence-electron chi connectivity index (χ3n) is 8.08. The first-order valence-electron chi connectivity index (χ1n) is 15.1. The van der Waals surface area contributed by atoms with Crippen LogP contribution in [0.4, 0.5) is 10.5 Å². The normalized spacial score (nSPS) is 16.6. The summed E-state index contributed by atoms with van der Waals surface area (Å²) in [6.45, 7) is 8.63. The zero-order valence-corrected chi connectivity index (χ0v) is 24.8. The van der Waals surface area contributed by atoms with Gasteiger partial charge in [0.1, 0.15) is 11.9 Å². The number of likely N-dealkylation sites (tertiary alicyclic amines) is 1. The Morgan fingerprint density at radius 3 is 2.33 bits per heavy atom. The summed E-state index contributed by atoms with van der Waals surface area (Å²) >= 11 is 0. The van der Waals surface area contributed by atoms with Crippen LogP contribution in [0, 0.1) is 0 Å². The first-order chi connectivity index (χ1) is 20.9. The summed E-state index contributed by atoms with van der Waals surface area (Å²) < 4.78 is 11.5. The van der Waals surface area contributed by atoms with Crippen LogP contribution in [0.3, 0.4) is 0 Å². The average Bonchev–Trinajstić information content (AvgIpc) is 3.49. The van der Waals surface area contributed by atoms with Crippen molar-refractivity contribution in [3.8, 4) is 11.1 Å². The maximum absolute atomic E-state index is 12.7. The van der Waals surface area contributed by atoms with E-state index in [2.05, 4.69) is 20.4 Å². The van der Waals surface area contributed by atoms with Gasteiger partial charge in [-0.2, -0.15) is 0 Å². The molecular formula is C33H41N5O5. The molecule has 10 nitrogen and oxygen atoms in total. The summed E-state index contributed by atoms with van der Waals surface area (Å²) in [4.78, 5) is 43.2. The lowest BCUT2D eigenvalue weighted by Crippen LogP contribution is -2.47. The lowest BCUT2D eigenvalue weighted by Gasteiger charge is -2.33. The molecule has 5 rings (SSSR count). The van der Waals surface area contributed by atoms with Crippen LogP contribution >= 0.6 is 0 Å². The molecule has 0 atom stereocenters. The summed E-state index contributed by atoms with van der Waals surface area (Å²) in [5.41, 5.74) is 2.72. The molecule has 228 valence electrons. The number of hydrogen-bond acceptors (Lipinski definition) is 8. The Hall–Kier alpha value is -3.99. The number of anilines is 1. The molecule has 3 aromatic rings. The van der Waals surface area contributed by atoms with Gasteiger partial charge in [0.2, 0.25) is 11.7 Å². The summed E-state index contributed by atoms with van der Waals surface area (Å²) in [5.74, 6) is 1.17. The molecule has 0 radical (unpaired) electrons. The van der Waals surface area contributed by atoms with Crippen molar-refractivity contribution in [1.29, 1.82) is 0 Å². The van der Waals surface area contributed by atoms with Gasteiger partial charge in [-0.05, 0) is 36.6 Å². The highest BCUT2D eigenvalue weighted by Crippen LogP contribution is 2.28. The van der Waals surface area contributed by atoms with Gasteiger partial charge >= 0.3 is 6.09 Å². The topological polar surface area (TPSA) is 107 Å². The fraction of sp³-hybridized carbons (Fsp3) is 0.424. The highest BCUT2D eigenvalue weighted by molar-refractivity contribution is 5.95. The molecule has 2 N–H and O–H groups in total. The molecule has 2 aliphatic heterocycles. The Morgan fingerprint density at radius 2 is 1.58 bits per heavy atom. The van der Waals surface area contributed by atoms with Crippen molar-refractivity contribution in [1.82, 2.24) is 20.0 Å². The van der Waals surface area contributed by atoms with Gasteiger partial charge in [0.05, 0.1) is 18.8 Å². The van der Waals surface area contributed by atoms with Gasteiger partial charge in [0.25, 0.3) is 0 Å². The minimum atomic E-state index is -0.432. The molecule has 43 heavy (non-hydrogen) atoms. The van der Waals surface area contributed by atoms with E-state index in [0.717, 1.165) is 81.2 Å². The molecule has 0 spiro atoms. The fourth-order valence-electron chi connectivity index (χ4n) is 5.58.